The van der Waals surface area contributed by atoms with Gasteiger partial charge in [-0.05, 0) is 37.6 Å². The van der Waals surface area contributed by atoms with E-state index in [1.807, 2.05) is 0 Å². The highest BCUT2D eigenvalue weighted by atomic mass is 32.2. The van der Waals surface area contributed by atoms with E-state index in [0.29, 0.717) is 36.8 Å². The molecule has 0 radical (unpaired) electrons. The summed E-state index contributed by atoms with van der Waals surface area (Å²) in [6, 6.07) is 6.21. The minimum absolute atomic E-state index is 0.00674. The SMILES string of the molecule is Cc1nn(C)c(N(C)CCCOc2ccc(S(C)(=O)=O)cc2)c1[N+](=O)[O-]. The highest BCUT2D eigenvalue weighted by Gasteiger charge is 2.26. The number of ether oxygens (including phenoxy) is 1. The Morgan fingerprint density at radius 2 is 1.92 bits per heavy atom. The largest absolute Gasteiger partial charge is 0.494 e. The Labute approximate surface area is 152 Å². The van der Waals surface area contributed by atoms with Crippen LogP contribution in [0.3, 0.4) is 0 Å². The third kappa shape index (κ3) is 4.51. The van der Waals surface area contributed by atoms with Gasteiger partial charge in [-0.2, -0.15) is 5.10 Å². The molecule has 0 atom stereocenters. The van der Waals surface area contributed by atoms with Crippen molar-refractivity contribution >= 4 is 21.3 Å². The van der Waals surface area contributed by atoms with Crippen molar-refractivity contribution in [3.05, 3.63) is 40.1 Å². The summed E-state index contributed by atoms with van der Waals surface area (Å²) >= 11 is 0. The first-order valence-corrected chi connectivity index (χ1v) is 9.82. The summed E-state index contributed by atoms with van der Waals surface area (Å²) in [5.74, 6) is 1.02. The first-order chi connectivity index (χ1) is 12.1. The Bertz CT molecular complexity index is 890. The van der Waals surface area contributed by atoms with Crippen LogP contribution >= 0.6 is 0 Å². The molecule has 10 heteroatoms. The molecular formula is C16H22N4O5S. The second-order valence-electron chi connectivity index (χ2n) is 6.01. The Morgan fingerprint density at radius 3 is 2.46 bits per heavy atom. The molecule has 0 saturated heterocycles. The Hall–Kier alpha value is -2.62. The van der Waals surface area contributed by atoms with E-state index >= 15 is 0 Å². The third-order valence-corrected chi connectivity index (χ3v) is 4.99. The maximum Gasteiger partial charge on any atom is 0.333 e. The van der Waals surface area contributed by atoms with Crippen LogP contribution in [0.2, 0.25) is 0 Å². The van der Waals surface area contributed by atoms with E-state index in [1.54, 1.807) is 38.1 Å². The molecule has 2 rings (SSSR count). The molecule has 0 aliphatic carbocycles. The summed E-state index contributed by atoms with van der Waals surface area (Å²) in [4.78, 5) is 12.8. The molecule has 2 aromatic rings. The van der Waals surface area contributed by atoms with Crippen LogP contribution in [0.25, 0.3) is 0 Å². The van der Waals surface area contributed by atoms with Gasteiger partial charge in [0.15, 0.2) is 9.84 Å². The Balaban J connectivity index is 1.91. The number of aryl methyl sites for hydroxylation is 2. The number of sulfone groups is 1. The fourth-order valence-electron chi connectivity index (χ4n) is 2.66. The summed E-state index contributed by atoms with van der Waals surface area (Å²) in [6.07, 6.45) is 1.78. The fraction of sp³-hybridized carbons (Fsp3) is 0.438. The first-order valence-electron chi connectivity index (χ1n) is 7.93. The number of nitrogens with zero attached hydrogens (tertiary/aromatic N) is 4. The minimum atomic E-state index is -3.23. The molecule has 0 unspecified atom stereocenters. The molecular weight excluding hydrogens is 360 g/mol. The van der Waals surface area contributed by atoms with Crippen LogP contribution in [-0.4, -0.2) is 49.6 Å². The molecule has 1 aromatic heterocycles. The predicted molar refractivity (Wildman–Crippen MR) is 97.5 cm³/mol. The van der Waals surface area contributed by atoms with Crippen LogP contribution in [-0.2, 0) is 16.9 Å². The zero-order valence-electron chi connectivity index (χ0n) is 15.2. The fourth-order valence-corrected chi connectivity index (χ4v) is 3.29. The molecule has 142 valence electrons. The van der Waals surface area contributed by atoms with E-state index in [0.717, 1.165) is 6.26 Å². The molecule has 0 fully saturated rings. The van der Waals surface area contributed by atoms with Crippen molar-refractivity contribution in [2.24, 2.45) is 7.05 Å². The first kappa shape index (κ1) is 19.7. The van der Waals surface area contributed by atoms with E-state index in [1.165, 1.54) is 16.8 Å². The van der Waals surface area contributed by atoms with E-state index in [2.05, 4.69) is 5.10 Å². The van der Waals surface area contributed by atoms with Gasteiger partial charge in [0.2, 0.25) is 5.82 Å². The van der Waals surface area contributed by atoms with Crippen molar-refractivity contribution in [1.29, 1.82) is 0 Å². The molecule has 0 bridgehead atoms. The number of benzene rings is 1. The summed E-state index contributed by atoms with van der Waals surface area (Å²) in [5, 5.41) is 15.3. The molecule has 26 heavy (non-hydrogen) atoms. The van der Waals surface area contributed by atoms with Gasteiger partial charge in [-0.1, -0.05) is 0 Å². The number of aromatic nitrogens is 2. The molecule has 0 spiro atoms. The van der Waals surface area contributed by atoms with Gasteiger partial charge in [0, 0.05) is 26.9 Å². The van der Waals surface area contributed by atoms with E-state index < -0.39 is 14.8 Å². The maximum atomic E-state index is 11.4. The molecule has 0 N–H and O–H groups in total. The van der Waals surface area contributed by atoms with E-state index in [-0.39, 0.29) is 10.6 Å². The lowest BCUT2D eigenvalue weighted by Gasteiger charge is -2.18. The molecule has 0 aliphatic rings. The summed E-state index contributed by atoms with van der Waals surface area (Å²) in [7, 11) is 0.215. The van der Waals surface area contributed by atoms with Gasteiger partial charge in [-0.3, -0.25) is 10.1 Å². The Morgan fingerprint density at radius 1 is 1.31 bits per heavy atom. The maximum absolute atomic E-state index is 11.4. The van der Waals surface area contributed by atoms with Crippen LogP contribution in [0, 0.1) is 17.0 Å². The van der Waals surface area contributed by atoms with Crippen LogP contribution in [0.1, 0.15) is 12.1 Å². The quantitative estimate of drug-likeness (QED) is 0.390. The lowest BCUT2D eigenvalue weighted by atomic mass is 10.3. The summed E-state index contributed by atoms with van der Waals surface area (Å²) in [5.41, 5.74) is 0.383. The van der Waals surface area contributed by atoms with Gasteiger partial charge in [0.05, 0.1) is 16.4 Å². The molecule has 9 nitrogen and oxygen atoms in total. The van der Waals surface area contributed by atoms with Crippen molar-refractivity contribution in [3.63, 3.8) is 0 Å². The topological polar surface area (TPSA) is 108 Å². The number of nitro groups is 1. The van der Waals surface area contributed by atoms with E-state index in [4.69, 9.17) is 4.74 Å². The average Bonchev–Trinajstić information content (AvgIpc) is 2.85. The van der Waals surface area contributed by atoms with Gasteiger partial charge in [-0.15, -0.1) is 0 Å². The zero-order chi connectivity index (χ0) is 19.5. The van der Waals surface area contributed by atoms with Crippen molar-refractivity contribution in [1.82, 2.24) is 9.78 Å². The molecule has 0 saturated carbocycles. The third-order valence-electron chi connectivity index (χ3n) is 3.86. The number of hydrogen-bond acceptors (Lipinski definition) is 7. The minimum Gasteiger partial charge on any atom is -0.494 e. The standard InChI is InChI=1S/C16H22N4O5S/c1-12-15(20(21)22)16(19(3)17-12)18(2)10-5-11-25-13-6-8-14(9-7-13)26(4,23)24/h6-9H,5,10-11H2,1-4H3. The molecule has 0 amide bonds. The smallest absolute Gasteiger partial charge is 0.333 e. The summed E-state index contributed by atoms with van der Waals surface area (Å²) in [6.45, 7) is 2.55. The van der Waals surface area contributed by atoms with Gasteiger partial charge in [0.25, 0.3) is 0 Å². The molecule has 1 heterocycles. The van der Waals surface area contributed by atoms with Crippen LogP contribution in [0.5, 0.6) is 5.75 Å². The highest BCUT2D eigenvalue weighted by Crippen LogP contribution is 2.30. The van der Waals surface area contributed by atoms with Gasteiger partial charge >= 0.3 is 5.69 Å². The van der Waals surface area contributed by atoms with Gasteiger partial charge in [-0.25, -0.2) is 13.1 Å². The lowest BCUT2D eigenvalue weighted by molar-refractivity contribution is -0.384. The molecule has 0 aliphatic heterocycles. The highest BCUT2D eigenvalue weighted by molar-refractivity contribution is 7.90. The van der Waals surface area contributed by atoms with Crippen molar-refractivity contribution in [3.8, 4) is 5.75 Å². The number of anilines is 1. The number of hydrogen-bond donors (Lipinski definition) is 0. The van der Waals surface area contributed by atoms with Crippen LogP contribution < -0.4 is 9.64 Å². The number of rotatable bonds is 8. The van der Waals surface area contributed by atoms with Gasteiger partial charge < -0.3 is 9.64 Å². The normalized spacial score (nSPS) is 11.4. The average molecular weight is 382 g/mol. The monoisotopic (exact) mass is 382 g/mol. The predicted octanol–water partition coefficient (Wildman–Crippen LogP) is 1.95. The second-order valence-corrected chi connectivity index (χ2v) is 8.02. The second kappa shape index (κ2) is 7.73. The zero-order valence-corrected chi connectivity index (χ0v) is 16.0. The lowest BCUT2D eigenvalue weighted by Crippen LogP contribution is -2.23. The van der Waals surface area contributed by atoms with Gasteiger partial charge in [0.1, 0.15) is 11.4 Å². The van der Waals surface area contributed by atoms with Crippen LogP contribution in [0.15, 0.2) is 29.2 Å². The van der Waals surface area contributed by atoms with Crippen molar-refractivity contribution < 1.29 is 18.1 Å². The van der Waals surface area contributed by atoms with Crippen molar-refractivity contribution in [2.45, 2.75) is 18.2 Å². The van der Waals surface area contributed by atoms with Crippen molar-refractivity contribution in [2.75, 3.05) is 31.4 Å². The molecule has 1 aromatic carbocycles. The van der Waals surface area contributed by atoms with E-state index in [9.17, 15) is 18.5 Å². The van der Waals surface area contributed by atoms with Crippen LogP contribution in [0.4, 0.5) is 11.5 Å². The Kier molecular flexibility index (Phi) is 5.86. The summed E-state index contributed by atoms with van der Waals surface area (Å²) < 4.78 is 29.9.